The van der Waals surface area contributed by atoms with E-state index in [2.05, 4.69) is 33.2 Å². The predicted molar refractivity (Wildman–Crippen MR) is 156 cm³/mol. The molecule has 0 fully saturated rings. The van der Waals surface area contributed by atoms with E-state index in [0.717, 1.165) is 25.1 Å². The van der Waals surface area contributed by atoms with Gasteiger partial charge in [0.25, 0.3) is 0 Å². The van der Waals surface area contributed by atoms with E-state index in [-0.39, 0.29) is 25.6 Å². The van der Waals surface area contributed by atoms with Crippen molar-refractivity contribution in [1.29, 1.82) is 0 Å². The first-order valence-electron chi connectivity index (χ1n) is 14.9. The maximum atomic E-state index is 11.9. The first-order valence-corrected chi connectivity index (χ1v) is 16.0. The SMILES string of the molecule is CCCCCCCCCCCCCc1cccc(OCC(COP(O)OCCC[NH+](C)C)OC(=O)CC)c1. The highest BCUT2D eigenvalue weighted by atomic mass is 31.2. The number of nitrogens with one attached hydrogen (secondary N) is 1. The van der Waals surface area contributed by atoms with Crippen molar-refractivity contribution in [2.75, 3.05) is 40.5 Å². The van der Waals surface area contributed by atoms with Crippen molar-refractivity contribution in [2.45, 2.75) is 110 Å². The van der Waals surface area contributed by atoms with Crippen LogP contribution in [0.4, 0.5) is 0 Å². The zero-order chi connectivity index (χ0) is 27.8. The number of esters is 1. The van der Waals surface area contributed by atoms with Gasteiger partial charge in [-0.05, 0) is 30.5 Å². The van der Waals surface area contributed by atoms with Gasteiger partial charge in [0.05, 0.1) is 33.9 Å². The third-order valence-electron chi connectivity index (χ3n) is 6.38. The first-order chi connectivity index (χ1) is 18.4. The number of aryl methyl sites for hydroxylation is 1. The zero-order valence-electron chi connectivity index (χ0n) is 24.6. The smallest absolute Gasteiger partial charge is 0.329 e. The lowest BCUT2D eigenvalue weighted by Gasteiger charge is -2.20. The molecule has 2 unspecified atom stereocenters. The van der Waals surface area contributed by atoms with E-state index >= 15 is 0 Å². The van der Waals surface area contributed by atoms with Crippen LogP contribution in [0.1, 0.15) is 103 Å². The van der Waals surface area contributed by atoms with Crippen molar-refractivity contribution in [3.8, 4) is 5.75 Å². The fraction of sp³-hybridized carbons (Fsp3) is 0.767. The summed E-state index contributed by atoms with van der Waals surface area (Å²) in [5, 5.41) is 0. The number of carbonyl (C=O) groups excluding carboxylic acids is 1. The van der Waals surface area contributed by atoms with Crippen LogP contribution in [0.5, 0.6) is 5.75 Å². The average Bonchev–Trinajstić information content (AvgIpc) is 2.91. The Kier molecular flexibility index (Phi) is 21.6. The monoisotopic (exact) mass is 556 g/mol. The molecule has 0 aliphatic rings. The van der Waals surface area contributed by atoms with Crippen LogP contribution in [0.15, 0.2) is 24.3 Å². The van der Waals surface area contributed by atoms with Crippen molar-refractivity contribution in [3.63, 3.8) is 0 Å². The van der Waals surface area contributed by atoms with Crippen molar-refractivity contribution in [1.82, 2.24) is 0 Å². The van der Waals surface area contributed by atoms with Gasteiger partial charge in [-0.2, -0.15) is 0 Å². The topological polar surface area (TPSA) is 78.7 Å². The Morgan fingerprint density at radius 2 is 1.55 bits per heavy atom. The first kappa shape index (κ1) is 34.8. The van der Waals surface area contributed by atoms with Crippen LogP contribution < -0.4 is 9.64 Å². The highest BCUT2D eigenvalue weighted by Gasteiger charge is 2.18. The van der Waals surface area contributed by atoms with Crippen LogP contribution in [-0.4, -0.2) is 57.4 Å². The van der Waals surface area contributed by atoms with Crippen molar-refractivity contribution in [2.24, 2.45) is 0 Å². The molecule has 7 nitrogen and oxygen atoms in total. The Morgan fingerprint density at radius 1 is 0.895 bits per heavy atom. The number of hydrogen-bond donors (Lipinski definition) is 2. The molecule has 0 saturated heterocycles. The van der Waals surface area contributed by atoms with Crippen LogP contribution in [0.3, 0.4) is 0 Å². The summed E-state index contributed by atoms with van der Waals surface area (Å²) in [7, 11) is 2.12. The molecule has 0 heterocycles. The van der Waals surface area contributed by atoms with Crippen LogP contribution in [-0.2, 0) is 25.0 Å². The molecule has 0 bridgehead atoms. The molecule has 0 aromatic heterocycles. The Balaban J connectivity index is 2.32. The van der Waals surface area contributed by atoms with E-state index in [1.54, 1.807) is 6.92 Å². The Hall–Kier alpha value is -1.24. The summed E-state index contributed by atoms with van der Waals surface area (Å²) >= 11 is 0. The molecule has 1 aromatic rings. The molecular formula is C30H55NO6P+. The summed E-state index contributed by atoms with van der Waals surface area (Å²) in [4.78, 5) is 23.2. The van der Waals surface area contributed by atoms with Gasteiger partial charge in [-0.3, -0.25) is 4.79 Å². The van der Waals surface area contributed by atoms with Gasteiger partial charge in [-0.25, -0.2) is 0 Å². The Labute approximate surface area is 233 Å². The molecule has 2 atom stereocenters. The number of rotatable bonds is 25. The molecule has 0 aliphatic carbocycles. The minimum absolute atomic E-state index is 0.0192. The van der Waals surface area contributed by atoms with Crippen LogP contribution >= 0.6 is 8.60 Å². The lowest BCUT2D eigenvalue weighted by Crippen LogP contribution is -3.05. The molecular weight excluding hydrogens is 501 g/mol. The van der Waals surface area contributed by atoms with Crippen molar-refractivity contribution >= 4 is 14.6 Å². The van der Waals surface area contributed by atoms with Gasteiger partial charge in [0.1, 0.15) is 12.4 Å². The second-order valence-corrected chi connectivity index (χ2v) is 11.4. The molecule has 8 heteroatoms. The summed E-state index contributed by atoms with van der Waals surface area (Å²) in [6.45, 7) is 5.56. The van der Waals surface area contributed by atoms with Gasteiger partial charge in [0.15, 0.2) is 6.10 Å². The van der Waals surface area contributed by atoms with Crippen LogP contribution in [0.2, 0.25) is 0 Å². The minimum atomic E-state index is -2.02. The Bertz CT molecular complexity index is 705. The van der Waals surface area contributed by atoms with E-state index in [1.807, 2.05) is 12.1 Å². The fourth-order valence-corrected chi connectivity index (χ4v) is 4.76. The molecule has 0 spiro atoms. The van der Waals surface area contributed by atoms with Gasteiger partial charge in [-0.15, -0.1) is 0 Å². The lowest BCUT2D eigenvalue weighted by atomic mass is 10.0. The Morgan fingerprint density at radius 3 is 2.18 bits per heavy atom. The van der Waals surface area contributed by atoms with E-state index in [9.17, 15) is 9.69 Å². The molecule has 2 N–H and O–H groups in total. The summed E-state index contributed by atoms with van der Waals surface area (Å²) in [5.74, 6) is 0.418. The number of unbranched alkanes of at least 4 members (excludes halogenated alkanes) is 10. The van der Waals surface area contributed by atoms with E-state index in [1.165, 1.54) is 81.1 Å². The summed E-state index contributed by atoms with van der Waals surface area (Å²) < 4.78 is 22.2. The summed E-state index contributed by atoms with van der Waals surface area (Å²) in [5.41, 5.74) is 1.25. The second kappa shape index (κ2) is 23.6. The normalized spacial score (nSPS) is 13.0. The maximum absolute atomic E-state index is 11.9. The van der Waals surface area contributed by atoms with E-state index in [0.29, 0.717) is 6.61 Å². The number of quaternary nitrogens is 1. The highest BCUT2D eigenvalue weighted by Crippen LogP contribution is 2.33. The molecule has 1 rings (SSSR count). The highest BCUT2D eigenvalue weighted by molar-refractivity contribution is 7.40. The number of hydrogen-bond acceptors (Lipinski definition) is 6. The third-order valence-corrected chi connectivity index (χ3v) is 7.16. The quantitative estimate of drug-likeness (QED) is 0.0870. The van der Waals surface area contributed by atoms with Crippen molar-refractivity contribution in [3.05, 3.63) is 29.8 Å². The number of carbonyl (C=O) groups is 1. The molecule has 0 amide bonds. The fourth-order valence-electron chi connectivity index (χ4n) is 4.11. The molecule has 0 aliphatic heterocycles. The molecule has 220 valence electrons. The molecule has 38 heavy (non-hydrogen) atoms. The molecule has 0 radical (unpaired) electrons. The van der Waals surface area contributed by atoms with Crippen LogP contribution in [0.25, 0.3) is 0 Å². The lowest BCUT2D eigenvalue weighted by molar-refractivity contribution is -0.858. The van der Waals surface area contributed by atoms with Gasteiger partial charge in [-0.1, -0.05) is 90.2 Å². The molecule has 0 saturated carbocycles. The third kappa shape index (κ3) is 19.8. The van der Waals surface area contributed by atoms with E-state index in [4.69, 9.17) is 18.5 Å². The second-order valence-electron chi connectivity index (χ2n) is 10.4. The van der Waals surface area contributed by atoms with Crippen molar-refractivity contribution < 1.29 is 33.1 Å². The number of ether oxygens (including phenoxy) is 2. The summed E-state index contributed by atoms with van der Waals surface area (Å²) in [6.07, 6.45) is 16.2. The van der Waals surface area contributed by atoms with E-state index < -0.39 is 14.7 Å². The standard InChI is InChI=1S/C30H54NO6P/c1-5-7-8-9-10-11-12-13-14-15-16-19-27-20-17-21-28(24-27)34-25-29(37-30(32)6-2)26-36-38(33)35-23-18-22-31(3)4/h17,20-21,24,29,33H,5-16,18-19,22-23,25-26H2,1-4H3/p+1. The van der Waals surface area contributed by atoms with Gasteiger partial charge < -0.3 is 28.3 Å². The predicted octanol–water partition coefficient (Wildman–Crippen LogP) is 6.03. The van der Waals surface area contributed by atoms with Crippen LogP contribution in [0, 0.1) is 0 Å². The molecule has 1 aromatic carbocycles. The van der Waals surface area contributed by atoms with Gasteiger partial charge >= 0.3 is 14.6 Å². The van der Waals surface area contributed by atoms with Gasteiger partial charge in [0.2, 0.25) is 0 Å². The summed E-state index contributed by atoms with van der Waals surface area (Å²) in [6, 6.07) is 8.11. The number of benzene rings is 1. The zero-order valence-corrected chi connectivity index (χ0v) is 25.4. The average molecular weight is 557 g/mol. The van der Waals surface area contributed by atoms with Gasteiger partial charge in [0, 0.05) is 12.8 Å². The largest absolute Gasteiger partial charge is 0.490 e. The minimum Gasteiger partial charge on any atom is -0.490 e. The maximum Gasteiger partial charge on any atom is 0.329 e.